The Labute approximate surface area is 215 Å². The van der Waals surface area contributed by atoms with Crippen LogP contribution >= 0.6 is 11.3 Å². The summed E-state index contributed by atoms with van der Waals surface area (Å²) in [5.74, 6) is -0.481. The van der Waals surface area contributed by atoms with Gasteiger partial charge in [0.15, 0.2) is 5.13 Å². The number of nitrogens with zero attached hydrogens (tertiary/aromatic N) is 2. The molecule has 6 heteroatoms. The van der Waals surface area contributed by atoms with Gasteiger partial charge in [0, 0.05) is 24.7 Å². The number of halogens is 2. The number of aromatic nitrogens is 1. The highest BCUT2D eigenvalue weighted by atomic mass is 32.1. The second-order valence-electron chi connectivity index (χ2n) is 9.81. The second-order valence-corrected chi connectivity index (χ2v) is 10.8. The Morgan fingerprint density at radius 2 is 1.44 bits per heavy atom. The normalized spacial score (nSPS) is 14.8. The van der Waals surface area contributed by atoms with Crippen molar-refractivity contribution >= 4 is 16.5 Å². The maximum Gasteiger partial charge on any atom is 0.183 e. The number of hydrogen-bond donors (Lipinski definition) is 1. The van der Waals surface area contributed by atoms with Crippen LogP contribution < -0.4 is 5.32 Å². The molecule has 186 valence electrons. The molecular weight excluding hydrogens is 472 g/mol. The summed E-state index contributed by atoms with van der Waals surface area (Å²) in [7, 11) is 0. The van der Waals surface area contributed by atoms with Gasteiger partial charge in [0.1, 0.15) is 11.6 Å². The molecule has 2 heterocycles. The number of thiazole rings is 1. The van der Waals surface area contributed by atoms with Crippen molar-refractivity contribution in [2.45, 2.75) is 33.2 Å². The monoisotopic (exact) mass is 503 g/mol. The molecule has 36 heavy (non-hydrogen) atoms. The highest BCUT2D eigenvalue weighted by Crippen LogP contribution is 2.39. The molecule has 0 bridgehead atoms. The zero-order valence-corrected chi connectivity index (χ0v) is 21.5. The summed E-state index contributed by atoms with van der Waals surface area (Å²) in [6.07, 6.45) is 2.09. The Balaban J connectivity index is 1.24. The summed E-state index contributed by atoms with van der Waals surface area (Å²) in [5.41, 5.74) is 6.50. The topological polar surface area (TPSA) is 28.2 Å². The fourth-order valence-corrected chi connectivity index (χ4v) is 5.74. The van der Waals surface area contributed by atoms with Gasteiger partial charge in [0.2, 0.25) is 0 Å². The first-order chi connectivity index (χ1) is 17.4. The molecule has 0 atom stereocenters. The van der Waals surface area contributed by atoms with Crippen LogP contribution in [0.15, 0.2) is 66.7 Å². The van der Waals surface area contributed by atoms with Crippen molar-refractivity contribution in [2.24, 2.45) is 5.92 Å². The van der Waals surface area contributed by atoms with Crippen molar-refractivity contribution in [3.8, 4) is 21.7 Å². The van der Waals surface area contributed by atoms with Crippen molar-refractivity contribution in [1.29, 1.82) is 0 Å². The second kappa shape index (κ2) is 10.9. The number of aryl methyl sites for hydroxylation is 2. The molecular formula is C30H31F2N3S. The molecule has 1 aliphatic rings. The average Bonchev–Trinajstić information content (AvgIpc) is 3.28. The van der Waals surface area contributed by atoms with Gasteiger partial charge in [0.25, 0.3) is 0 Å². The molecule has 1 aromatic heterocycles. The van der Waals surface area contributed by atoms with Crippen LogP contribution in [0.3, 0.4) is 0 Å². The van der Waals surface area contributed by atoms with Crippen molar-refractivity contribution in [1.82, 2.24) is 9.88 Å². The fourth-order valence-electron chi connectivity index (χ4n) is 4.74. The number of likely N-dealkylation sites (tertiary alicyclic amines) is 1. The smallest absolute Gasteiger partial charge is 0.183 e. The summed E-state index contributed by atoms with van der Waals surface area (Å²) in [4.78, 5) is 8.46. The molecule has 1 fully saturated rings. The van der Waals surface area contributed by atoms with E-state index in [4.69, 9.17) is 4.98 Å². The van der Waals surface area contributed by atoms with E-state index >= 15 is 0 Å². The van der Waals surface area contributed by atoms with Crippen LogP contribution in [0.4, 0.5) is 13.9 Å². The molecule has 1 aliphatic heterocycles. The predicted molar refractivity (Wildman–Crippen MR) is 145 cm³/mol. The Morgan fingerprint density at radius 3 is 2.06 bits per heavy atom. The third-order valence-electron chi connectivity index (χ3n) is 6.84. The lowest BCUT2D eigenvalue weighted by Gasteiger charge is -2.32. The summed E-state index contributed by atoms with van der Waals surface area (Å²) in [5, 5.41) is 4.55. The van der Waals surface area contributed by atoms with Crippen molar-refractivity contribution < 1.29 is 8.78 Å². The molecule has 0 aliphatic carbocycles. The van der Waals surface area contributed by atoms with Crippen LogP contribution in [0.2, 0.25) is 0 Å². The van der Waals surface area contributed by atoms with E-state index in [1.807, 2.05) is 0 Å². The van der Waals surface area contributed by atoms with Gasteiger partial charge in [-0.05, 0) is 69.0 Å². The minimum absolute atomic E-state index is 0.512. The maximum absolute atomic E-state index is 13.5. The average molecular weight is 504 g/mol. The molecule has 0 spiro atoms. The number of rotatable bonds is 7. The third-order valence-corrected chi connectivity index (χ3v) is 7.91. The summed E-state index contributed by atoms with van der Waals surface area (Å²) in [6, 6.07) is 21.0. The summed E-state index contributed by atoms with van der Waals surface area (Å²) in [6.45, 7) is 7.50. The van der Waals surface area contributed by atoms with Crippen molar-refractivity contribution in [2.75, 3.05) is 25.0 Å². The lowest BCUT2D eigenvalue weighted by Crippen LogP contribution is -2.35. The molecule has 4 aromatic rings. The molecule has 0 amide bonds. The minimum atomic E-state index is -0.512. The van der Waals surface area contributed by atoms with Gasteiger partial charge in [-0.15, -0.1) is 0 Å². The number of anilines is 1. The summed E-state index contributed by atoms with van der Waals surface area (Å²) >= 11 is 1.71. The fraction of sp³-hybridized carbons (Fsp3) is 0.300. The van der Waals surface area contributed by atoms with E-state index in [1.54, 1.807) is 11.3 Å². The summed E-state index contributed by atoms with van der Waals surface area (Å²) < 4.78 is 27.0. The van der Waals surface area contributed by atoms with Gasteiger partial charge in [-0.1, -0.05) is 71.0 Å². The van der Waals surface area contributed by atoms with Gasteiger partial charge >= 0.3 is 0 Å². The van der Waals surface area contributed by atoms with Crippen LogP contribution in [-0.4, -0.2) is 29.5 Å². The Kier molecular flexibility index (Phi) is 7.44. The molecule has 3 nitrogen and oxygen atoms in total. The highest BCUT2D eigenvalue weighted by Gasteiger charge is 2.21. The number of piperidine rings is 1. The predicted octanol–water partition coefficient (Wildman–Crippen LogP) is 7.70. The largest absolute Gasteiger partial charge is 0.361 e. The zero-order valence-electron chi connectivity index (χ0n) is 20.7. The van der Waals surface area contributed by atoms with E-state index in [2.05, 4.69) is 72.6 Å². The van der Waals surface area contributed by atoms with Gasteiger partial charge in [0.05, 0.1) is 10.6 Å². The SMILES string of the molecule is Cc1ccc(-c2nc(NCC3CCN(Cc4cc(F)cc(F)c4)CC3)sc2-c2ccc(C)cc2)cc1. The number of hydrogen-bond acceptors (Lipinski definition) is 4. The molecule has 0 radical (unpaired) electrons. The molecule has 3 aromatic carbocycles. The third kappa shape index (κ3) is 6.00. The van der Waals surface area contributed by atoms with Crippen molar-refractivity contribution in [3.05, 3.63) is 95.1 Å². The van der Waals surface area contributed by atoms with E-state index in [0.29, 0.717) is 18.0 Å². The quantitative estimate of drug-likeness (QED) is 0.280. The minimum Gasteiger partial charge on any atom is -0.361 e. The van der Waals surface area contributed by atoms with Crippen LogP contribution in [0, 0.1) is 31.4 Å². The Morgan fingerprint density at radius 1 is 0.861 bits per heavy atom. The van der Waals surface area contributed by atoms with E-state index < -0.39 is 11.6 Å². The molecule has 0 saturated carbocycles. The first-order valence-corrected chi connectivity index (χ1v) is 13.3. The van der Waals surface area contributed by atoms with Gasteiger partial charge < -0.3 is 5.32 Å². The zero-order chi connectivity index (χ0) is 25.1. The van der Waals surface area contributed by atoms with Crippen LogP contribution in [0.25, 0.3) is 21.7 Å². The van der Waals surface area contributed by atoms with Crippen LogP contribution in [-0.2, 0) is 6.54 Å². The van der Waals surface area contributed by atoms with E-state index in [9.17, 15) is 8.78 Å². The molecule has 5 rings (SSSR count). The van der Waals surface area contributed by atoms with Gasteiger partial charge in [-0.3, -0.25) is 4.90 Å². The lowest BCUT2D eigenvalue weighted by atomic mass is 9.96. The van der Waals surface area contributed by atoms with Crippen LogP contribution in [0.5, 0.6) is 0 Å². The standard InChI is InChI=1S/C30H31F2N3S/c1-20-3-7-24(8-4-20)28-29(25-9-5-21(2)6-10-25)36-30(34-28)33-18-22-11-13-35(14-12-22)19-23-15-26(31)17-27(32)16-23/h3-10,15-17,22H,11-14,18-19H2,1-2H3,(H,33,34). The van der Waals surface area contributed by atoms with Gasteiger partial charge in [-0.2, -0.15) is 0 Å². The number of nitrogens with one attached hydrogen (secondary N) is 1. The highest BCUT2D eigenvalue weighted by molar-refractivity contribution is 7.19. The first-order valence-electron chi connectivity index (χ1n) is 12.5. The number of benzene rings is 3. The van der Waals surface area contributed by atoms with Crippen LogP contribution in [0.1, 0.15) is 29.5 Å². The molecule has 0 unspecified atom stereocenters. The van der Waals surface area contributed by atoms with E-state index in [1.165, 1.54) is 33.7 Å². The molecule has 1 saturated heterocycles. The maximum atomic E-state index is 13.5. The van der Waals surface area contributed by atoms with Crippen molar-refractivity contribution in [3.63, 3.8) is 0 Å². The molecule has 1 N–H and O–H groups in total. The Bertz CT molecular complexity index is 1220. The lowest BCUT2D eigenvalue weighted by molar-refractivity contribution is 0.182. The van der Waals surface area contributed by atoms with E-state index in [0.717, 1.165) is 54.9 Å². The first kappa shape index (κ1) is 24.6. The van der Waals surface area contributed by atoms with Gasteiger partial charge in [-0.25, -0.2) is 13.8 Å². The Hall–Kier alpha value is -3.09. The van der Waals surface area contributed by atoms with E-state index in [-0.39, 0.29) is 0 Å².